The Bertz CT molecular complexity index is 962. The van der Waals surface area contributed by atoms with Gasteiger partial charge in [-0.1, -0.05) is 37.5 Å². The molecule has 2 aromatic rings. The Kier molecular flexibility index (Phi) is 8.37. The van der Waals surface area contributed by atoms with Gasteiger partial charge in [-0.3, -0.25) is 4.79 Å². The van der Waals surface area contributed by atoms with Gasteiger partial charge >= 0.3 is 0 Å². The zero-order valence-corrected chi connectivity index (χ0v) is 20.9. The maximum atomic E-state index is 12.8. The summed E-state index contributed by atoms with van der Waals surface area (Å²) in [4.78, 5) is 12.8. The fraction of sp³-hybridized carbons (Fsp3) is 0.567. The average Bonchev–Trinajstić information content (AvgIpc) is 3.42. The summed E-state index contributed by atoms with van der Waals surface area (Å²) in [6.07, 6.45) is 12.3. The molecule has 1 saturated carbocycles. The Labute approximate surface area is 210 Å². The van der Waals surface area contributed by atoms with E-state index in [0.29, 0.717) is 12.2 Å². The Balaban J connectivity index is 1.07. The van der Waals surface area contributed by atoms with Crippen molar-refractivity contribution in [3.05, 3.63) is 64.7 Å². The average molecular weight is 477 g/mol. The highest BCUT2D eigenvalue weighted by molar-refractivity contribution is 5.94. The molecule has 0 spiro atoms. The normalized spacial score (nSPS) is 22.5. The zero-order valence-electron chi connectivity index (χ0n) is 20.9. The van der Waals surface area contributed by atoms with Gasteiger partial charge in [0.05, 0.1) is 6.10 Å². The summed E-state index contributed by atoms with van der Waals surface area (Å²) < 4.78 is 11.4. The molecule has 5 nitrogen and oxygen atoms in total. The first kappa shape index (κ1) is 24.3. The predicted molar refractivity (Wildman–Crippen MR) is 139 cm³/mol. The van der Waals surface area contributed by atoms with Crippen molar-refractivity contribution in [1.82, 2.24) is 10.6 Å². The molecule has 5 heteroatoms. The highest BCUT2D eigenvalue weighted by atomic mass is 16.5. The van der Waals surface area contributed by atoms with Gasteiger partial charge in [-0.2, -0.15) is 0 Å². The SMILES string of the molecule is O=C(N[C@H]1CCc2cc(CNCC3CCCCC3)ccc2C1)c1ccc(OC[C@@H]2CCCO2)cc1. The summed E-state index contributed by atoms with van der Waals surface area (Å²) in [6.45, 7) is 3.51. The van der Waals surface area contributed by atoms with Crippen LogP contribution in [0.25, 0.3) is 0 Å². The number of aryl methyl sites for hydroxylation is 1. The van der Waals surface area contributed by atoms with E-state index in [4.69, 9.17) is 9.47 Å². The van der Waals surface area contributed by atoms with E-state index in [2.05, 4.69) is 28.8 Å². The summed E-state index contributed by atoms with van der Waals surface area (Å²) >= 11 is 0. The van der Waals surface area contributed by atoms with E-state index in [1.54, 1.807) is 0 Å². The third kappa shape index (κ3) is 6.86. The lowest BCUT2D eigenvalue weighted by molar-refractivity contribution is 0.0679. The highest BCUT2D eigenvalue weighted by Crippen LogP contribution is 2.25. The molecule has 35 heavy (non-hydrogen) atoms. The summed E-state index contributed by atoms with van der Waals surface area (Å²) in [7, 11) is 0. The largest absolute Gasteiger partial charge is 0.491 e. The first-order valence-electron chi connectivity index (χ1n) is 13.7. The Morgan fingerprint density at radius 3 is 2.60 bits per heavy atom. The lowest BCUT2D eigenvalue weighted by atomic mass is 9.87. The van der Waals surface area contributed by atoms with Gasteiger partial charge in [0.1, 0.15) is 12.4 Å². The molecule has 1 heterocycles. The minimum absolute atomic E-state index is 0.00680. The maximum Gasteiger partial charge on any atom is 0.251 e. The molecule has 0 aromatic heterocycles. The molecule has 0 radical (unpaired) electrons. The summed E-state index contributed by atoms with van der Waals surface area (Å²) in [5, 5.41) is 6.93. The number of amides is 1. The van der Waals surface area contributed by atoms with Crippen molar-refractivity contribution in [3.8, 4) is 5.75 Å². The first-order valence-corrected chi connectivity index (χ1v) is 13.7. The van der Waals surface area contributed by atoms with E-state index >= 15 is 0 Å². The second kappa shape index (κ2) is 12.0. The van der Waals surface area contributed by atoms with E-state index in [1.807, 2.05) is 24.3 Å². The van der Waals surface area contributed by atoms with E-state index in [-0.39, 0.29) is 18.1 Å². The number of benzene rings is 2. The van der Waals surface area contributed by atoms with Crippen LogP contribution in [0.15, 0.2) is 42.5 Å². The van der Waals surface area contributed by atoms with Crippen LogP contribution in [0.3, 0.4) is 0 Å². The van der Waals surface area contributed by atoms with Crippen LogP contribution in [0.1, 0.15) is 78.4 Å². The summed E-state index contributed by atoms with van der Waals surface area (Å²) in [6, 6.07) is 14.5. The molecule has 1 amide bonds. The molecule has 2 N–H and O–H groups in total. The van der Waals surface area contributed by atoms with Crippen LogP contribution in [-0.2, 0) is 24.1 Å². The van der Waals surface area contributed by atoms with Crippen LogP contribution in [0.2, 0.25) is 0 Å². The minimum atomic E-state index is -0.00680. The molecule has 1 saturated heterocycles. The van der Waals surface area contributed by atoms with Crippen molar-refractivity contribution in [2.24, 2.45) is 5.92 Å². The molecule has 2 fully saturated rings. The van der Waals surface area contributed by atoms with E-state index in [9.17, 15) is 4.79 Å². The lowest BCUT2D eigenvalue weighted by Gasteiger charge is -2.26. The van der Waals surface area contributed by atoms with Gasteiger partial charge in [-0.15, -0.1) is 0 Å². The molecule has 3 aliphatic rings. The molecule has 5 rings (SSSR count). The maximum absolute atomic E-state index is 12.8. The highest BCUT2D eigenvalue weighted by Gasteiger charge is 2.21. The van der Waals surface area contributed by atoms with Crippen molar-refractivity contribution >= 4 is 5.91 Å². The van der Waals surface area contributed by atoms with Crippen LogP contribution in [-0.4, -0.2) is 37.8 Å². The van der Waals surface area contributed by atoms with Crippen LogP contribution in [0.4, 0.5) is 0 Å². The number of hydrogen-bond donors (Lipinski definition) is 2. The van der Waals surface area contributed by atoms with Crippen LogP contribution in [0, 0.1) is 5.92 Å². The molecule has 2 atom stereocenters. The zero-order chi connectivity index (χ0) is 23.9. The number of fused-ring (bicyclic) bond motifs is 1. The van der Waals surface area contributed by atoms with E-state index < -0.39 is 0 Å². The lowest BCUT2D eigenvalue weighted by Crippen LogP contribution is -2.38. The molecule has 2 aliphatic carbocycles. The van der Waals surface area contributed by atoms with Crippen molar-refractivity contribution in [2.45, 2.75) is 82.9 Å². The minimum Gasteiger partial charge on any atom is -0.491 e. The predicted octanol–water partition coefficient (Wildman–Crippen LogP) is 5.20. The smallest absolute Gasteiger partial charge is 0.251 e. The van der Waals surface area contributed by atoms with Crippen LogP contribution < -0.4 is 15.4 Å². The molecule has 2 aromatic carbocycles. The van der Waals surface area contributed by atoms with Crippen molar-refractivity contribution in [1.29, 1.82) is 0 Å². The molecule has 0 bridgehead atoms. The van der Waals surface area contributed by atoms with Crippen LogP contribution >= 0.6 is 0 Å². The number of nitrogens with one attached hydrogen (secondary N) is 2. The quantitative estimate of drug-likeness (QED) is 0.522. The number of carbonyl (C=O) groups excluding carboxylic acids is 1. The van der Waals surface area contributed by atoms with Gasteiger partial charge < -0.3 is 20.1 Å². The summed E-state index contributed by atoms with van der Waals surface area (Å²) in [5.41, 5.74) is 4.87. The monoisotopic (exact) mass is 476 g/mol. The number of hydrogen-bond acceptors (Lipinski definition) is 4. The summed E-state index contributed by atoms with van der Waals surface area (Å²) in [5.74, 6) is 1.64. The van der Waals surface area contributed by atoms with Gasteiger partial charge in [0.2, 0.25) is 0 Å². The van der Waals surface area contributed by atoms with Crippen LogP contribution in [0.5, 0.6) is 5.75 Å². The molecular weight excluding hydrogens is 436 g/mol. The van der Waals surface area contributed by atoms with Crippen molar-refractivity contribution in [2.75, 3.05) is 19.8 Å². The van der Waals surface area contributed by atoms with Gasteiger partial charge in [0.25, 0.3) is 5.91 Å². The second-order valence-electron chi connectivity index (χ2n) is 10.6. The van der Waals surface area contributed by atoms with Gasteiger partial charge in [-0.05, 0) is 98.4 Å². The van der Waals surface area contributed by atoms with Gasteiger partial charge in [-0.25, -0.2) is 0 Å². The van der Waals surface area contributed by atoms with E-state index in [1.165, 1.54) is 48.8 Å². The molecular formula is C30H40N2O3. The van der Waals surface area contributed by atoms with Gasteiger partial charge in [0.15, 0.2) is 0 Å². The second-order valence-corrected chi connectivity index (χ2v) is 10.6. The number of ether oxygens (including phenoxy) is 2. The fourth-order valence-corrected chi connectivity index (χ4v) is 5.79. The molecule has 0 unspecified atom stereocenters. The van der Waals surface area contributed by atoms with Crippen molar-refractivity contribution < 1.29 is 14.3 Å². The standard InChI is InChI=1S/C30H40N2O3/c33-30(24-11-14-28(15-12-24)35-21-29-7-4-16-34-29)32-27-13-10-25-17-23(8-9-26(25)18-27)20-31-19-22-5-2-1-3-6-22/h8-9,11-12,14-15,17,22,27,29,31H,1-7,10,13,16,18-21H2,(H,32,33)/t27-,29-/m0/s1. The number of carbonyl (C=O) groups is 1. The van der Waals surface area contributed by atoms with Crippen molar-refractivity contribution in [3.63, 3.8) is 0 Å². The third-order valence-electron chi connectivity index (χ3n) is 7.90. The Morgan fingerprint density at radius 1 is 0.943 bits per heavy atom. The Morgan fingerprint density at radius 2 is 1.80 bits per heavy atom. The molecule has 188 valence electrons. The topological polar surface area (TPSA) is 59.6 Å². The first-order chi connectivity index (χ1) is 17.2. The third-order valence-corrected chi connectivity index (χ3v) is 7.90. The Hall–Kier alpha value is -2.37. The fourth-order valence-electron chi connectivity index (χ4n) is 5.79. The number of rotatable bonds is 9. The molecule has 1 aliphatic heterocycles. The van der Waals surface area contributed by atoms with Gasteiger partial charge in [0, 0.05) is 24.8 Å². The van der Waals surface area contributed by atoms with E-state index in [0.717, 1.165) is 63.5 Å².